The lowest BCUT2D eigenvalue weighted by Gasteiger charge is -2.39. The van der Waals surface area contributed by atoms with Gasteiger partial charge in [0.05, 0.1) is 9.40 Å². The van der Waals surface area contributed by atoms with Crippen LogP contribution in [0.15, 0.2) is 57.9 Å². The third kappa shape index (κ3) is 3.08. The van der Waals surface area contributed by atoms with Crippen LogP contribution in [0, 0.1) is 10.1 Å². The molecule has 7 nitrogen and oxygen atoms in total. The number of rotatable bonds is 4. The molecule has 1 heterocycles. The quantitative estimate of drug-likeness (QED) is 0.461. The fourth-order valence-corrected chi connectivity index (χ4v) is 5.80. The highest BCUT2D eigenvalue weighted by molar-refractivity contribution is 9.10. The van der Waals surface area contributed by atoms with Gasteiger partial charge in [0, 0.05) is 31.3 Å². The van der Waals surface area contributed by atoms with E-state index < -0.39 is 14.9 Å². The zero-order valence-corrected chi connectivity index (χ0v) is 15.7. The van der Waals surface area contributed by atoms with E-state index in [-0.39, 0.29) is 14.5 Å². The fraction of sp³-hybridized carbons (Fsp3) is 0.250. The largest absolute Gasteiger partial charge is 0.332 e. The summed E-state index contributed by atoms with van der Waals surface area (Å²) >= 11 is 3.47. The van der Waals surface area contributed by atoms with Crippen LogP contribution in [0.1, 0.15) is 0 Å². The van der Waals surface area contributed by atoms with Gasteiger partial charge in [-0.15, -0.1) is 0 Å². The first-order valence-corrected chi connectivity index (χ1v) is 9.94. The van der Waals surface area contributed by atoms with Crippen LogP contribution in [-0.4, -0.2) is 39.5 Å². The zero-order chi connectivity index (χ0) is 18.1. The molecule has 2 aromatic carbocycles. The van der Waals surface area contributed by atoms with E-state index in [1.54, 1.807) is 6.07 Å². The topological polar surface area (TPSA) is 89.3 Å². The first-order chi connectivity index (χ1) is 11.9. The molecule has 9 heteroatoms. The van der Waals surface area contributed by atoms with E-state index in [1.165, 1.54) is 24.3 Å². The van der Waals surface area contributed by atoms with Crippen LogP contribution in [0.3, 0.4) is 0 Å². The highest BCUT2D eigenvalue weighted by Gasteiger charge is 2.47. The molecule has 0 amide bonds. The number of nitro groups is 1. The minimum Gasteiger partial charge on any atom is -0.306 e. The molecule has 0 spiro atoms. The molecule has 0 saturated carbocycles. The Morgan fingerprint density at radius 1 is 1.04 bits per heavy atom. The molecule has 0 aromatic heterocycles. The van der Waals surface area contributed by atoms with E-state index in [1.807, 2.05) is 18.2 Å². The molecule has 1 aliphatic heterocycles. The molecule has 0 radical (unpaired) electrons. The summed E-state index contributed by atoms with van der Waals surface area (Å²) in [5, 5.41) is 14.0. The van der Waals surface area contributed by atoms with Crippen molar-refractivity contribution in [2.24, 2.45) is 0 Å². The minimum absolute atomic E-state index is 0.0794. The Labute approximate surface area is 154 Å². The first kappa shape index (κ1) is 18.0. The Morgan fingerprint density at radius 2 is 1.64 bits per heavy atom. The predicted molar refractivity (Wildman–Crippen MR) is 98.8 cm³/mol. The van der Waals surface area contributed by atoms with Crippen LogP contribution in [-0.2, 0) is 10.0 Å². The number of para-hydroxylation sites is 1. The molecule has 0 unspecified atom stereocenters. The second kappa shape index (κ2) is 6.83. The molecule has 0 atom stereocenters. The van der Waals surface area contributed by atoms with Crippen LogP contribution in [0.2, 0.25) is 0 Å². The van der Waals surface area contributed by atoms with E-state index in [0.717, 1.165) is 4.47 Å². The van der Waals surface area contributed by atoms with Crippen molar-refractivity contribution in [2.75, 3.05) is 26.2 Å². The average Bonchev–Trinajstić information content (AvgIpc) is 2.62. The summed E-state index contributed by atoms with van der Waals surface area (Å²) in [5.41, 5.74) is 0.536. The monoisotopic (exact) mass is 426 g/mol. The van der Waals surface area contributed by atoms with Gasteiger partial charge >= 0.3 is 10.0 Å². The molecule has 132 valence electrons. The molecular formula is C16H17BrN3O4S+. The highest BCUT2D eigenvalue weighted by atomic mass is 79.9. The number of nitro benzene ring substituents is 1. The molecule has 1 aliphatic rings. The van der Waals surface area contributed by atoms with Gasteiger partial charge < -0.3 is 5.32 Å². The zero-order valence-electron chi connectivity index (χ0n) is 13.3. The minimum atomic E-state index is -3.80. The Bertz CT molecular complexity index is 894. The Balaban J connectivity index is 2.15. The maximum Gasteiger partial charge on any atom is 0.332 e. The van der Waals surface area contributed by atoms with E-state index in [4.69, 9.17) is 0 Å². The number of sulfonamides is 1. The lowest BCUT2D eigenvalue weighted by Crippen LogP contribution is -2.62. The fourth-order valence-electron chi connectivity index (χ4n) is 3.09. The van der Waals surface area contributed by atoms with E-state index in [9.17, 15) is 18.5 Å². The maximum atomic E-state index is 13.5. The number of hydrogen-bond acceptors (Lipinski definition) is 5. The maximum absolute atomic E-state index is 13.5. The first-order valence-electron chi connectivity index (χ1n) is 7.71. The second-order valence-electron chi connectivity index (χ2n) is 5.76. The van der Waals surface area contributed by atoms with Crippen LogP contribution in [0.4, 0.5) is 11.4 Å². The van der Waals surface area contributed by atoms with Crippen molar-refractivity contribution < 1.29 is 13.3 Å². The van der Waals surface area contributed by atoms with Gasteiger partial charge in [-0.3, -0.25) is 10.1 Å². The number of nitrogens with zero attached hydrogens (tertiary/aromatic N) is 2. The second-order valence-corrected chi connectivity index (χ2v) is 8.74. The van der Waals surface area contributed by atoms with Crippen molar-refractivity contribution in [3.63, 3.8) is 0 Å². The third-order valence-corrected chi connectivity index (χ3v) is 7.42. The van der Waals surface area contributed by atoms with Gasteiger partial charge in [-0.1, -0.05) is 12.1 Å². The molecule has 1 saturated heterocycles. The van der Waals surface area contributed by atoms with Gasteiger partial charge in [-0.25, -0.2) is 0 Å². The van der Waals surface area contributed by atoms with E-state index >= 15 is 0 Å². The summed E-state index contributed by atoms with van der Waals surface area (Å²) in [6.45, 7) is 1.88. The number of hydrogen-bond donors (Lipinski definition) is 1. The third-order valence-electron chi connectivity index (χ3n) is 4.40. The summed E-state index contributed by atoms with van der Waals surface area (Å²) in [7, 11) is -3.80. The molecule has 0 bridgehead atoms. The molecule has 0 aliphatic carbocycles. The highest BCUT2D eigenvalue weighted by Crippen LogP contribution is 2.38. The van der Waals surface area contributed by atoms with Crippen molar-refractivity contribution in [2.45, 2.75) is 4.90 Å². The number of halogens is 1. The summed E-state index contributed by atoms with van der Waals surface area (Å²) in [5.74, 6) is 0. The molecule has 2 aromatic rings. The van der Waals surface area contributed by atoms with Crippen molar-refractivity contribution in [3.05, 3.63) is 63.1 Å². The predicted octanol–water partition coefficient (Wildman–Crippen LogP) is 2.66. The smallest absolute Gasteiger partial charge is 0.306 e. The lowest BCUT2D eigenvalue weighted by atomic mass is 10.2. The standard InChI is InChI=1S/C16H17BrN3O4S/c17-15-3-1-2-4-16(15)20(11-9-18-10-12-20)25(23,24)14-7-5-13(6-8-14)19(21)22/h1-8,18H,9-12H2/q+1. The number of non-ortho nitro benzene ring substituents is 1. The summed E-state index contributed by atoms with van der Waals surface area (Å²) in [6, 6.07) is 12.4. The van der Waals surface area contributed by atoms with Gasteiger partial charge in [0.2, 0.25) is 0 Å². The normalized spacial score (nSPS) is 17.2. The van der Waals surface area contributed by atoms with Crippen LogP contribution >= 0.6 is 15.9 Å². The summed E-state index contributed by atoms with van der Waals surface area (Å²) in [4.78, 5) is 10.4. The van der Waals surface area contributed by atoms with Gasteiger partial charge in [0.15, 0.2) is 5.69 Å². The molecule has 25 heavy (non-hydrogen) atoms. The summed E-state index contributed by atoms with van der Waals surface area (Å²) in [6.07, 6.45) is 0. The lowest BCUT2D eigenvalue weighted by molar-refractivity contribution is -0.384. The molecule has 1 fully saturated rings. The molecule has 3 rings (SSSR count). The number of quaternary nitrogens is 1. The van der Waals surface area contributed by atoms with Crippen molar-refractivity contribution >= 4 is 37.3 Å². The number of benzene rings is 2. The van der Waals surface area contributed by atoms with Crippen molar-refractivity contribution in [3.8, 4) is 0 Å². The Morgan fingerprint density at radius 3 is 2.20 bits per heavy atom. The van der Waals surface area contributed by atoms with Gasteiger partial charge in [-0.05, 0) is 34.1 Å². The molecular weight excluding hydrogens is 410 g/mol. The van der Waals surface area contributed by atoms with Crippen LogP contribution < -0.4 is 9.21 Å². The van der Waals surface area contributed by atoms with Gasteiger partial charge in [-0.2, -0.15) is 12.3 Å². The molecule has 1 N–H and O–H groups in total. The van der Waals surface area contributed by atoms with Crippen LogP contribution in [0.25, 0.3) is 0 Å². The Kier molecular flexibility index (Phi) is 4.92. The summed E-state index contributed by atoms with van der Waals surface area (Å²) < 4.78 is 27.5. The van der Waals surface area contributed by atoms with Gasteiger partial charge in [0.1, 0.15) is 18.0 Å². The average molecular weight is 427 g/mol. The van der Waals surface area contributed by atoms with Crippen LogP contribution in [0.5, 0.6) is 0 Å². The van der Waals surface area contributed by atoms with Gasteiger partial charge in [0.25, 0.3) is 5.69 Å². The van der Waals surface area contributed by atoms with Crippen molar-refractivity contribution in [1.82, 2.24) is 9.21 Å². The Hall–Kier alpha value is -1.81. The van der Waals surface area contributed by atoms with E-state index in [0.29, 0.717) is 31.9 Å². The SMILES string of the molecule is O=[N+]([O-])c1ccc(S(=O)(=O)[N+]2(c3ccccc3Br)CCNCC2)cc1. The van der Waals surface area contributed by atoms with Crippen molar-refractivity contribution in [1.29, 1.82) is 0 Å². The van der Waals surface area contributed by atoms with E-state index in [2.05, 4.69) is 21.2 Å². The number of nitrogens with one attached hydrogen (secondary N) is 1. The number of piperazine rings is 1.